The Labute approximate surface area is 196 Å². The average molecular weight is 521 g/mol. The molecule has 2 aliphatic heterocycles. The molecule has 4 rings (SSSR count). The molecule has 162 valence electrons. The number of guanidine groups is 1. The van der Waals surface area contributed by atoms with Crippen LogP contribution in [0.3, 0.4) is 0 Å². The highest BCUT2D eigenvalue weighted by molar-refractivity contribution is 14.0. The van der Waals surface area contributed by atoms with Gasteiger partial charge in [-0.3, -0.25) is 4.99 Å². The van der Waals surface area contributed by atoms with E-state index >= 15 is 0 Å². The summed E-state index contributed by atoms with van der Waals surface area (Å²) in [6, 6.07) is 18.6. The molecular formula is C24H32IN3O2. The first-order chi connectivity index (χ1) is 14.3. The first-order valence-corrected chi connectivity index (χ1v) is 10.6. The minimum Gasteiger partial charge on any atom is -0.489 e. The molecule has 1 spiro atoms. The van der Waals surface area contributed by atoms with Crippen LogP contribution in [0.25, 0.3) is 0 Å². The molecule has 2 aromatic rings. The van der Waals surface area contributed by atoms with Gasteiger partial charge in [-0.15, -0.1) is 24.0 Å². The Morgan fingerprint density at radius 3 is 2.60 bits per heavy atom. The number of benzene rings is 2. The fraction of sp³-hybridized carbons (Fsp3) is 0.458. The van der Waals surface area contributed by atoms with Crippen LogP contribution in [0.4, 0.5) is 0 Å². The van der Waals surface area contributed by atoms with Crippen molar-refractivity contribution in [2.45, 2.75) is 25.9 Å². The van der Waals surface area contributed by atoms with Crippen molar-refractivity contribution in [3.8, 4) is 5.75 Å². The number of halogens is 1. The van der Waals surface area contributed by atoms with Gasteiger partial charge in [0, 0.05) is 38.7 Å². The van der Waals surface area contributed by atoms with Crippen LogP contribution in [0.2, 0.25) is 0 Å². The van der Waals surface area contributed by atoms with E-state index in [0.717, 1.165) is 51.0 Å². The Hall–Kier alpha value is -1.80. The normalized spacial score (nSPS) is 21.0. The quantitative estimate of drug-likeness (QED) is 0.353. The van der Waals surface area contributed by atoms with E-state index in [1.807, 2.05) is 25.2 Å². The maximum absolute atomic E-state index is 5.87. The predicted molar refractivity (Wildman–Crippen MR) is 132 cm³/mol. The van der Waals surface area contributed by atoms with Gasteiger partial charge in [0.1, 0.15) is 12.4 Å². The second-order valence-corrected chi connectivity index (χ2v) is 8.12. The Kier molecular flexibility index (Phi) is 8.39. The third kappa shape index (κ3) is 5.88. The van der Waals surface area contributed by atoms with Crippen molar-refractivity contribution < 1.29 is 9.47 Å². The highest BCUT2D eigenvalue weighted by Gasteiger charge is 2.42. The molecule has 0 aliphatic carbocycles. The summed E-state index contributed by atoms with van der Waals surface area (Å²) in [5.41, 5.74) is 2.83. The number of hydrogen-bond donors (Lipinski definition) is 1. The van der Waals surface area contributed by atoms with Crippen LogP contribution in [0.1, 0.15) is 24.0 Å². The van der Waals surface area contributed by atoms with Crippen molar-refractivity contribution in [2.75, 3.05) is 39.9 Å². The molecule has 0 radical (unpaired) electrons. The maximum Gasteiger partial charge on any atom is 0.193 e. The van der Waals surface area contributed by atoms with Gasteiger partial charge in [-0.25, -0.2) is 0 Å². The smallest absolute Gasteiger partial charge is 0.193 e. The summed E-state index contributed by atoms with van der Waals surface area (Å²) < 4.78 is 11.5. The van der Waals surface area contributed by atoms with Gasteiger partial charge >= 0.3 is 0 Å². The summed E-state index contributed by atoms with van der Waals surface area (Å²) in [5, 5.41) is 3.53. The monoisotopic (exact) mass is 521 g/mol. The second-order valence-electron chi connectivity index (χ2n) is 8.12. The number of likely N-dealkylation sites (tertiary alicyclic amines) is 1. The van der Waals surface area contributed by atoms with E-state index < -0.39 is 0 Å². The average Bonchev–Trinajstić information content (AvgIpc) is 3.41. The lowest BCUT2D eigenvalue weighted by Gasteiger charge is -2.25. The lowest BCUT2D eigenvalue weighted by atomic mass is 9.87. The van der Waals surface area contributed by atoms with Crippen molar-refractivity contribution in [3.05, 3.63) is 65.7 Å². The summed E-state index contributed by atoms with van der Waals surface area (Å²) in [6.45, 7) is 5.40. The SMILES string of the molecule is CN=C(NCCc1ccc(OCc2ccccc2)cc1)N1CCC2(CCOC2)C1.I. The van der Waals surface area contributed by atoms with Crippen LogP contribution in [-0.4, -0.2) is 50.8 Å². The van der Waals surface area contributed by atoms with E-state index in [0.29, 0.717) is 12.0 Å². The van der Waals surface area contributed by atoms with Crippen LogP contribution in [0.5, 0.6) is 5.75 Å². The molecule has 2 aromatic carbocycles. The van der Waals surface area contributed by atoms with Crippen LogP contribution >= 0.6 is 24.0 Å². The molecule has 0 saturated carbocycles. The number of nitrogens with one attached hydrogen (secondary N) is 1. The minimum atomic E-state index is 0. The fourth-order valence-corrected chi connectivity index (χ4v) is 4.23. The van der Waals surface area contributed by atoms with E-state index in [1.54, 1.807) is 0 Å². The van der Waals surface area contributed by atoms with Gasteiger partial charge in [0.2, 0.25) is 0 Å². The van der Waals surface area contributed by atoms with Crippen molar-refractivity contribution >= 4 is 29.9 Å². The zero-order valence-corrected chi connectivity index (χ0v) is 20.0. The van der Waals surface area contributed by atoms with Gasteiger partial charge in [-0.1, -0.05) is 42.5 Å². The largest absolute Gasteiger partial charge is 0.489 e. The summed E-state index contributed by atoms with van der Waals surface area (Å²) in [6.07, 6.45) is 3.34. The van der Waals surface area contributed by atoms with Crippen LogP contribution in [0.15, 0.2) is 59.6 Å². The highest BCUT2D eigenvalue weighted by atomic mass is 127. The topological polar surface area (TPSA) is 46.1 Å². The summed E-state index contributed by atoms with van der Waals surface area (Å²) in [5.74, 6) is 1.92. The molecule has 0 bridgehead atoms. The van der Waals surface area contributed by atoms with Gasteiger partial charge in [0.05, 0.1) is 6.61 Å². The van der Waals surface area contributed by atoms with E-state index in [2.05, 4.69) is 51.6 Å². The molecule has 2 saturated heterocycles. The molecule has 2 aliphatic rings. The molecular weight excluding hydrogens is 489 g/mol. The zero-order valence-electron chi connectivity index (χ0n) is 17.7. The molecule has 1 atom stereocenters. The van der Waals surface area contributed by atoms with Crippen molar-refractivity contribution in [2.24, 2.45) is 10.4 Å². The second kappa shape index (κ2) is 11.0. The Morgan fingerprint density at radius 2 is 1.90 bits per heavy atom. The van der Waals surface area contributed by atoms with Gasteiger partial charge in [-0.05, 0) is 42.5 Å². The zero-order chi connectivity index (χ0) is 19.9. The van der Waals surface area contributed by atoms with Crippen molar-refractivity contribution in [1.82, 2.24) is 10.2 Å². The van der Waals surface area contributed by atoms with Crippen LogP contribution in [-0.2, 0) is 17.8 Å². The molecule has 2 fully saturated rings. The summed E-state index contributed by atoms with van der Waals surface area (Å²) in [4.78, 5) is 6.88. The third-order valence-electron chi connectivity index (χ3n) is 6.00. The van der Waals surface area contributed by atoms with Crippen molar-refractivity contribution in [3.63, 3.8) is 0 Å². The number of aliphatic imine (C=N–C) groups is 1. The lowest BCUT2D eigenvalue weighted by molar-refractivity contribution is 0.156. The lowest BCUT2D eigenvalue weighted by Crippen LogP contribution is -2.42. The molecule has 30 heavy (non-hydrogen) atoms. The first-order valence-electron chi connectivity index (χ1n) is 10.6. The van der Waals surface area contributed by atoms with Crippen molar-refractivity contribution in [1.29, 1.82) is 0 Å². The standard InChI is InChI=1S/C24H31N3O2.HI/c1-25-23(27-15-12-24(18-27)13-16-28-19-24)26-14-11-20-7-9-22(10-8-20)29-17-21-5-3-2-4-6-21;/h2-10H,11-19H2,1H3,(H,25,26);1H. The molecule has 0 aromatic heterocycles. The van der Waals surface area contributed by atoms with Crippen LogP contribution < -0.4 is 10.1 Å². The van der Waals surface area contributed by atoms with Crippen LogP contribution in [0, 0.1) is 5.41 Å². The molecule has 1 N–H and O–H groups in total. The fourth-order valence-electron chi connectivity index (χ4n) is 4.23. The molecule has 5 nitrogen and oxygen atoms in total. The number of nitrogens with zero attached hydrogens (tertiary/aromatic N) is 2. The van der Waals surface area contributed by atoms with Gasteiger partial charge in [0.15, 0.2) is 5.96 Å². The minimum absolute atomic E-state index is 0. The Balaban J connectivity index is 0.00000256. The molecule has 0 amide bonds. The van der Waals surface area contributed by atoms with Gasteiger partial charge in [-0.2, -0.15) is 0 Å². The number of ether oxygens (including phenoxy) is 2. The number of hydrogen-bond acceptors (Lipinski definition) is 3. The molecule has 1 unspecified atom stereocenters. The summed E-state index contributed by atoms with van der Waals surface area (Å²) >= 11 is 0. The Bertz CT molecular complexity index is 805. The molecule has 2 heterocycles. The van der Waals surface area contributed by atoms with Gasteiger partial charge < -0.3 is 19.7 Å². The van der Waals surface area contributed by atoms with E-state index in [9.17, 15) is 0 Å². The summed E-state index contributed by atoms with van der Waals surface area (Å²) in [7, 11) is 1.87. The predicted octanol–water partition coefficient (Wildman–Crippen LogP) is 4.11. The first kappa shape index (κ1) is 22.9. The highest BCUT2D eigenvalue weighted by Crippen LogP contribution is 2.38. The number of rotatable bonds is 6. The Morgan fingerprint density at radius 1 is 1.10 bits per heavy atom. The van der Waals surface area contributed by atoms with E-state index in [4.69, 9.17) is 9.47 Å². The molecule has 6 heteroatoms. The van der Waals surface area contributed by atoms with Gasteiger partial charge in [0.25, 0.3) is 0 Å². The van der Waals surface area contributed by atoms with E-state index in [-0.39, 0.29) is 24.0 Å². The maximum atomic E-state index is 5.87. The van der Waals surface area contributed by atoms with E-state index in [1.165, 1.54) is 24.0 Å². The third-order valence-corrected chi connectivity index (χ3v) is 6.00.